The number of fused-ring (bicyclic) bond motifs is 1. The predicted octanol–water partition coefficient (Wildman–Crippen LogP) is 1.42. The Bertz CT molecular complexity index is 1160. The molecule has 178 valence electrons. The molecule has 1 saturated heterocycles. The normalized spacial score (nSPS) is 17.9. The Morgan fingerprint density at radius 3 is 2.62 bits per heavy atom. The first kappa shape index (κ1) is 23.5. The van der Waals surface area contributed by atoms with Crippen LogP contribution in [-0.2, 0) is 32.0 Å². The lowest BCUT2D eigenvalue weighted by atomic mass is 9.91. The van der Waals surface area contributed by atoms with Crippen LogP contribution in [-0.4, -0.2) is 65.3 Å². The highest BCUT2D eigenvalue weighted by atomic mass is 16.6. The van der Waals surface area contributed by atoms with E-state index in [1.54, 1.807) is 0 Å². The van der Waals surface area contributed by atoms with E-state index in [0.717, 1.165) is 22.0 Å². The summed E-state index contributed by atoms with van der Waals surface area (Å²) in [6.45, 7) is 0.149. The van der Waals surface area contributed by atoms with E-state index >= 15 is 0 Å². The smallest absolute Gasteiger partial charge is 0.275 e. The van der Waals surface area contributed by atoms with E-state index in [-0.39, 0.29) is 31.9 Å². The molecule has 9 nitrogen and oxygen atoms in total. The summed E-state index contributed by atoms with van der Waals surface area (Å²) in [5, 5.41) is 16.9. The molecule has 2 heterocycles. The van der Waals surface area contributed by atoms with Crippen molar-refractivity contribution in [2.45, 2.75) is 25.0 Å². The van der Waals surface area contributed by atoms with Gasteiger partial charge in [-0.25, -0.2) is 5.06 Å². The van der Waals surface area contributed by atoms with E-state index in [9.17, 15) is 19.6 Å². The molecule has 4 N–H and O–H groups in total. The fourth-order valence-electron chi connectivity index (χ4n) is 4.27. The first-order valence-electron chi connectivity index (χ1n) is 11.2. The summed E-state index contributed by atoms with van der Waals surface area (Å²) < 4.78 is 5.63. The number of amides is 3. The third-order valence-electron chi connectivity index (χ3n) is 6.08. The molecule has 2 unspecified atom stereocenters. The van der Waals surface area contributed by atoms with Crippen LogP contribution in [0.15, 0.2) is 60.8 Å². The molecule has 2 aromatic carbocycles. The summed E-state index contributed by atoms with van der Waals surface area (Å²) in [6.07, 6.45) is 1.15. The molecular weight excluding hydrogens is 436 g/mol. The number of likely N-dealkylation sites (N-methyl/N-ethyl adjacent to an activating group) is 1. The van der Waals surface area contributed by atoms with Gasteiger partial charge in [0.05, 0.1) is 19.1 Å². The minimum Gasteiger partial charge on any atom is -0.365 e. The average molecular weight is 465 g/mol. The molecular formula is C25H28N4O5. The topological polar surface area (TPSA) is 124 Å². The van der Waals surface area contributed by atoms with Gasteiger partial charge < -0.3 is 20.4 Å². The molecule has 3 amide bonds. The number of hydrogen-bond donors (Lipinski definition) is 4. The van der Waals surface area contributed by atoms with Gasteiger partial charge in [0.2, 0.25) is 11.8 Å². The summed E-state index contributed by atoms with van der Waals surface area (Å²) in [5.74, 6) is -2.45. The third-order valence-corrected chi connectivity index (χ3v) is 6.08. The van der Waals surface area contributed by atoms with E-state index < -0.39 is 29.9 Å². The fraction of sp³-hybridized carbons (Fsp3) is 0.320. The number of nitrogens with zero attached hydrogens (tertiary/aromatic N) is 1. The van der Waals surface area contributed by atoms with Crippen LogP contribution in [0, 0.1) is 5.92 Å². The number of carbonyl (C=O) groups is 3. The molecule has 0 radical (unpaired) electrons. The molecule has 0 spiro atoms. The Morgan fingerprint density at radius 1 is 1.12 bits per heavy atom. The van der Waals surface area contributed by atoms with E-state index in [2.05, 4.69) is 15.6 Å². The average Bonchev–Trinajstić information content (AvgIpc) is 3.27. The van der Waals surface area contributed by atoms with Gasteiger partial charge in [-0.15, -0.1) is 0 Å². The number of hydrogen-bond acceptors (Lipinski definition) is 5. The molecule has 0 saturated carbocycles. The van der Waals surface area contributed by atoms with E-state index in [0.29, 0.717) is 5.06 Å². The second-order valence-corrected chi connectivity index (χ2v) is 8.29. The Morgan fingerprint density at radius 2 is 1.85 bits per heavy atom. The first-order valence-corrected chi connectivity index (χ1v) is 11.2. The van der Waals surface area contributed by atoms with Crippen LogP contribution in [0.5, 0.6) is 0 Å². The summed E-state index contributed by atoms with van der Waals surface area (Å²) in [7, 11) is 1.51. The first-order chi connectivity index (χ1) is 16.5. The number of hydroxylamine groups is 2. The molecule has 3 atom stereocenters. The molecule has 1 aromatic heterocycles. The number of benzene rings is 2. The van der Waals surface area contributed by atoms with Crippen LogP contribution in [0.4, 0.5) is 0 Å². The monoisotopic (exact) mass is 464 g/mol. The quantitative estimate of drug-likeness (QED) is 0.376. The van der Waals surface area contributed by atoms with E-state index in [1.807, 2.05) is 60.8 Å². The van der Waals surface area contributed by atoms with Crippen molar-refractivity contribution in [3.8, 4) is 0 Å². The second-order valence-electron chi connectivity index (χ2n) is 8.29. The molecule has 1 aliphatic heterocycles. The summed E-state index contributed by atoms with van der Waals surface area (Å²) in [5.41, 5.74) is 2.66. The Balaban J connectivity index is 1.59. The second kappa shape index (κ2) is 10.5. The number of rotatable bonds is 8. The van der Waals surface area contributed by atoms with Crippen LogP contribution in [0.1, 0.15) is 11.1 Å². The van der Waals surface area contributed by atoms with Crippen molar-refractivity contribution < 1.29 is 24.3 Å². The van der Waals surface area contributed by atoms with E-state index in [4.69, 9.17) is 4.74 Å². The molecule has 0 bridgehead atoms. The van der Waals surface area contributed by atoms with Gasteiger partial charge in [0.15, 0.2) is 6.10 Å². The lowest BCUT2D eigenvalue weighted by Gasteiger charge is -2.33. The Kier molecular flexibility index (Phi) is 7.24. The van der Waals surface area contributed by atoms with Gasteiger partial charge in [-0.1, -0.05) is 48.5 Å². The summed E-state index contributed by atoms with van der Waals surface area (Å²) >= 11 is 0. The van der Waals surface area contributed by atoms with Crippen molar-refractivity contribution in [3.05, 3.63) is 71.9 Å². The molecule has 1 fully saturated rings. The summed E-state index contributed by atoms with van der Waals surface area (Å²) in [6, 6.07) is 16.1. The summed E-state index contributed by atoms with van der Waals surface area (Å²) in [4.78, 5) is 42.0. The van der Waals surface area contributed by atoms with Gasteiger partial charge in [-0.2, -0.15) is 0 Å². The number of aromatic nitrogens is 1. The zero-order chi connectivity index (χ0) is 24.1. The van der Waals surface area contributed by atoms with Crippen LogP contribution < -0.4 is 10.6 Å². The van der Waals surface area contributed by atoms with Crippen molar-refractivity contribution in [2.75, 3.05) is 20.2 Å². The van der Waals surface area contributed by atoms with Crippen molar-refractivity contribution in [1.82, 2.24) is 20.7 Å². The highest BCUT2D eigenvalue weighted by Gasteiger charge is 2.40. The zero-order valence-electron chi connectivity index (χ0n) is 18.9. The zero-order valence-corrected chi connectivity index (χ0v) is 18.9. The Labute approximate surface area is 197 Å². The highest BCUT2D eigenvalue weighted by molar-refractivity contribution is 5.93. The molecule has 34 heavy (non-hydrogen) atoms. The lowest BCUT2D eigenvalue weighted by molar-refractivity contribution is -0.200. The highest BCUT2D eigenvalue weighted by Crippen LogP contribution is 2.22. The van der Waals surface area contributed by atoms with Gasteiger partial charge in [0.1, 0.15) is 6.04 Å². The third kappa shape index (κ3) is 5.11. The van der Waals surface area contributed by atoms with Crippen molar-refractivity contribution in [3.63, 3.8) is 0 Å². The van der Waals surface area contributed by atoms with Gasteiger partial charge >= 0.3 is 0 Å². The number of morpholine rings is 1. The van der Waals surface area contributed by atoms with Crippen LogP contribution in [0.3, 0.4) is 0 Å². The maximum atomic E-state index is 13.5. The number of para-hydroxylation sites is 1. The minimum absolute atomic E-state index is 0.0381. The molecule has 1 aliphatic rings. The number of ether oxygens (including phenoxy) is 1. The molecule has 4 rings (SSSR count). The standard InChI is InChI=1S/C25H28N4O5/c1-26-24(31)21(14-17-15-27-20-10-6-5-9-18(17)20)28-23(30)19(13-16-7-3-2-4-8-16)22-25(32)29(33)11-12-34-22/h2-10,15,19,21-22,27,33H,11-14H2,1H3,(H,26,31)(H,28,30)/t19?,21-,22?/m0/s1. The number of aromatic amines is 1. The molecule has 3 aromatic rings. The van der Waals surface area contributed by atoms with Gasteiger partial charge in [-0.05, 0) is 23.6 Å². The van der Waals surface area contributed by atoms with Crippen molar-refractivity contribution >= 4 is 28.6 Å². The predicted molar refractivity (Wildman–Crippen MR) is 125 cm³/mol. The minimum atomic E-state index is -1.16. The van der Waals surface area contributed by atoms with Crippen LogP contribution in [0.25, 0.3) is 10.9 Å². The number of H-pyrrole nitrogens is 1. The van der Waals surface area contributed by atoms with Crippen molar-refractivity contribution in [2.24, 2.45) is 5.92 Å². The maximum absolute atomic E-state index is 13.5. The largest absolute Gasteiger partial charge is 0.365 e. The maximum Gasteiger partial charge on any atom is 0.275 e. The number of carbonyl (C=O) groups excluding carboxylic acids is 3. The van der Waals surface area contributed by atoms with Gasteiger partial charge in [-0.3, -0.25) is 19.6 Å². The van der Waals surface area contributed by atoms with Crippen LogP contribution in [0.2, 0.25) is 0 Å². The number of nitrogens with one attached hydrogen (secondary N) is 3. The van der Waals surface area contributed by atoms with Crippen molar-refractivity contribution in [1.29, 1.82) is 0 Å². The fourth-order valence-corrected chi connectivity index (χ4v) is 4.27. The van der Waals surface area contributed by atoms with Crippen LogP contribution >= 0.6 is 0 Å². The van der Waals surface area contributed by atoms with Gasteiger partial charge in [0, 0.05) is 30.6 Å². The van der Waals surface area contributed by atoms with Gasteiger partial charge in [0.25, 0.3) is 5.91 Å². The lowest BCUT2D eigenvalue weighted by Crippen LogP contribution is -2.56. The van der Waals surface area contributed by atoms with E-state index in [1.165, 1.54) is 7.05 Å². The molecule has 0 aliphatic carbocycles. The molecule has 9 heteroatoms. The SMILES string of the molecule is CNC(=O)[C@H](Cc1c[nH]c2ccccc12)NC(=O)C(Cc1ccccc1)C1OCCN(O)C1=O. The Hall–Kier alpha value is -3.69.